The summed E-state index contributed by atoms with van der Waals surface area (Å²) >= 11 is 6.03. The van der Waals surface area contributed by atoms with Crippen LogP contribution in [-0.2, 0) is 0 Å². The largest absolute Gasteiger partial charge is 0.500 e. The first-order valence-corrected chi connectivity index (χ1v) is 7.25. The van der Waals surface area contributed by atoms with E-state index in [1.807, 2.05) is 6.92 Å². The average Bonchev–Trinajstić information content (AvgIpc) is 2.51. The van der Waals surface area contributed by atoms with Gasteiger partial charge in [0.2, 0.25) is 5.75 Å². The van der Waals surface area contributed by atoms with Gasteiger partial charge in [-0.15, -0.1) is 0 Å². The van der Waals surface area contributed by atoms with E-state index < -0.39 is 16.4 Å². The number of aromatic hydroxyl groups is 1. The first-order chi connectivity index (χ1) is 10.9. The van der Waals surface area contributed by atoms with Crippen LogP contribution in [0.2, 0.25) is 5.02 Å². The van der Waals surface area contributed by atoms with Gasteiger partial charge >= 0.3 is 5.69 Å². The normalized spacial score (nSPS) is 10.9. The van der Waals surface area contributed by atoms with Crippen molar-refractivity contribution in [2.24, 2.45) is 4.99 Å². The second kappa shape index (κ2) is 7.11. The second-order valence-electron chi connectivity index (χ2n) is 4.72. The number of hydrogen-bond acceptors (Lipinski definition) is 5. The van der Waals surface area contributed by atoms with E-state index in [-0.39, 0.29) is 12.4 Å². The molecule has 0 fully saturated rings. The number of nitro benzene ring substituents is 1. The van der Waals surface area contributed by atoms with Crippen LogP contribution in [0.5, 0.6) is 11.5 Å². The minimum Gasteiger partial charge on any atom is -0.500 e. The van der Waals surface area contributed by atoms with Gasteiger partial charge in [-0.1, -0.05) is 17.7 Å². The second-order valence-corrected chi connectivity index (χ2v) is 5.13. The first-order valence-electron chi connectivity index (χ1n) is 6.87. The molecule has 0 aliphatic carbocycles. The highest BCUT2D eigenvalue weighted by molar-refractivity contribution is 6.31. The SMILES string of the molecule is CCOc1cc(C=Nc2cccc(Cl)c2C)cc([N+](=O)[O-])c1O. The van der Waals surface area contributed by atoms with E-state index in [0.717, 1.165) is 5.56 Å². The van der Waals surface area contributed by atoms with E-state index >= 15 is 0 Å². The molecule has 0 amide bonds. The van der Waals surface area contributed by atoms with E-state index in [9.17, 15) is 15.2 Å². The van der Waals surface area contributed by atoms with Crippen LogP contribution >= 0.6 is 11.6 Å². The zero-order chi connectivity index (χ0) is 17.0. The summed E-state index contributed by atoms with van der Waals surface area (Å²) in [4.78, 5) is 14.7. The third-order valence-corrected chi connectivity index (χ3v) is 3.57. The fourth-order valence-electron chi connectivity index (χ4n) is 1.97. The first kappa shape index (κ1) is 16.8. The Labute approximate surface area is 138 Å². The molecule has 0 saturated heterocycles. The fourth-order valence-corrected chi connectivity index (χ4v) is 2.14. The molecule has 0 radical (unpaired) electrons. The molecule has 0 aromatic heterocycles. The number of halogens is 1. The molecule has 2 rings (SSSR count). The molecular formula is C16H15ClN2O4. The summed E-state index contributed by atoms with van der Waals surface area (Å²) in [6.07, 6.45) is 1.47. The Morgan fingerprint density at radius 2 is 2.17 bits per heavy atom. The maximum absolute atomic E-state index is 11.0. The summed E-state index contributed by atoms with van der Waals surface area (Å²) in [6.45, 7) is 3.83. The van der Waals surface area contributed by atoms with Crippen molar-refractivity contribution >= 4 is 29.2 Å². The molecule has 1 N–H and O–H groups in total. The molecule has 0 aliphatic rings. The lowest BCUT2D eigenvalue weighted by atomic mass is 10.1. The van der Waals surface area contributed by atoms with Crippen molar-refractivity contribution in [3.8, 4) is 11.5 Å². The van der Waals surface area contributed by atoms with Crippen molar-refractivity contribution < 1.29 is 14.8 Å². The molecule has 2 aromatic rings. The lowest BCUT2D eigenvalue weighted by Gasteiger charge is -2.07. The summed E-state index contributed by atoms with van der Waals surface area (Å²) in [5.74, 6) is -0.445. The lowest BCUT2D eigenvalue weighted by Crippen LogP contribution is -1.97. The van der Waals surface area contributed by atoms with Gasteiger partial charge in [0.05, 0.1) is 17.2 Å². The van der Waals surface area contributed by atoms with Crippen LogP contribution in [0, 0.1) is 17.0 Å². The molecule has 0 atom stereocenters. The predicted molar refractivity (Wildman–Crippen MR) is 89.4 cm³/mol. The topological polar surface area (TPSA) is 85.0 Å². The molecule has 0 heterocycles. The van der Waals surface area contributed by atoms with E-state index in [4.69, 9.17) is 16.3 Å². The highest BCUT2D eigenvalue weighted by Crippen LogP contribution is 2.37. The predicted octanol–water partition coefficient (Wildman–Crippen LogP) is 4.41. The highest BCUT2D eigenvalue weighted by Gasteiger charge is 2.19. The summed E-state index contributed by atoms with van der Waals surface area (Å²) in [6, 6.07) is 8.05. The Bertz CT molecular complexity index is 775. The molecule has 0 spiro atoms. The Hall–Kier alpha value is -2.60. The van der Waals surface area contributed by atoms with Crippen molar-refractivity contribution in [2.75, 3.05) is 6.61 Å². The molecule has 0 aliphatic heterocycles. The minimum atomic E-state index is -0.667. The minimum absolute atomic E-state index is 0.0472. The van der Waals surface area contributed by atoms with Gasteiger partial charge in [-0.3, -0.25) is 15.1 Å². The fraction of sp³-hybridized carbons (Fsp3) is 0.188. The molecule has 0 bridgehead atoms. The van der Waals surface area contributed by atoms with Crippen LogP contribution in [0.3, 0.4) is 0 Å². The molecular weight excluding hydrogens is 320 g/mol. The van der Waals surface area contributed by atoms with Crippen molar-refractivity contribution in [3.05, 3.63) is 56.6 Å². The van der Waals surface area contributed by atoms with Crippen LogP contribution < -0.4 is 4.74 Å². The van der Waals surface area contributed by atoms with Crippen molar-refractivity contribution in [2.45, 2.75) is 13.8 Å². The third-order valence-electron chi connectivity index (χ3n) is 3.17. The molecule has 0 unspecified atom stereocenters. The van der Waals surface area contributed by atoms with Crippen molar-refractivity contribution in [3.63, 3.8) is 0 Å². The average molecular weight is 335 g/mol. The van der Waals surface area contributed by atoms with Gasteiger partial charge in [0.1, 0.15) is 0 Å². The number of rotatable bonds is 5. The van der Waals surface area contributed by atoms with Crippen LogP contribution in [0.25, 0.3) is 0 Å². The van der Waals surface area contributed by atoms with Gasteiger partial charge < -0.3 is 9.84 Å². The maximum Gasteiger partial charge on any atom is 0.315 e. The van der Waals surface area contributed by atoms with Crippen LogP contribution in [0.15, 0.2) is 35.3 Å². The van der Waals surface area contributed by atoms with Gasteiger partial charge in [0.15, 0.2) is 5.75 Å². The number of phenolic OH excluding ortho intramolecular Hbond substituents is 1. The molecule has 2 aromatic carbocycles. The number of benzene rings is 2. The molecule has 23 heavy (non-hydrogen) atoms. The standard InChI is InChI=1S/C16H15ClN2O4/c1-3-23-15-8-11(7-14(16(15)20)19(21)22)9-18-13-6-4-5-12(17)10(13)2/h4-9,20H,3H2,1-2H3. The van der Waals surface area contributed by atoms with Gasteiger partial charge in [0, 0.05) is 22.9 Å². The Kier molecular flexibility index (Phi) is 5.18. The van der Waals surface area contributed by atoms with E-state index in [0.29, 0.717) is 16.3 Å². The Balaban J connectivity index is 2.44. The number of hydrogen-bond donors (Lipinski definition) is 1. The number of nitro groups is 1. The zero-order valence-corrected chi connectivity index (χ0v) is 13.4. The summed E-state index contributed by atoms with van der Waals surface area (Å²) in [5.41, 5.74) is 1.48. The van der Waals surface area contributed by atoms with Crippen LogP contribution in [0.1, 0.15) is 18.1 Å². The van der Waals surface area contributed by atoms with Gasteiger partial charge in [0.25, 0.3) is 0 Å². The number of phenols is 1. The maximum atomic E-state index is 11.0. The van der Waals surface area contributed by atoms with E-state index in [1.54, 1.807) is 25.1 Å². The zero-order valence-electron chi connectivity index (χ0n) is 12.6. The van der Waals surface area contributed by atoms with E-state index in [2.05, 4.69) is 4.99 Å². The van der Waals surface area contributed by atoms with Crippen LogP contribution in [0.4, 0.5) is 11.4 Å². The molecule has 7 heteroatoms. The van der Waals surface area contributed by atoms with Gasteiger partial charge in [-0.25, -0.2) is 0 Å². The third kappa shape index (κ3) is 3.78. The molecule has 0 saturated carbocycles. The van der Waals surface area contributed by atoms with E-state index in [1.165, 1.54) is 18.3 Å². The van der Waals surface area contributed by atoms with Crippen molar-refractivity contribution in [1.82, 2.24) is 0 Å². The number of aliphatic imine (C=N–C) groups is 1. The molecule has 6 nitrogen and oxygen atoms in total. The summed E-state index contributed by atoms with van der Waals surface area (Å²) < 4.78 is 5.23. The van der Waals surface area contributed by atoms with Crippen LogP contribution in [-0.4, -0.2) is 22.9 Å². The monoisotopic (exact) mass is 334 g/mol. The smallest absolute Gasteiger partial charge is 0.315 e. The van der Waals surface area contributed by atoms with Gasteiger partial charge in [-0.05, 0) is 37.6 Å². The lowest BCUT2D eigenvalue weighted by molar-refractivity contribution is -0.386. The Morgan fingerprint density at radius 1 is 1.43 bits per heavy atom. The van der Waals surface area contributed by atoms with Crippen molar-refractivity contribution in [1.29, 1.82) is 0 Å². The van der Waals surface area contributed by atoms with Gasteiger partial charge in [-0.2, -0.15) is 0 Å². The Morgan fingerprint density at radius 3 is 2.83 bits per heavy atom. The summed E-state index contributed by atoms with van der Waals surface area (Å²) in [5, 5.41) is 21.5. The number of ether oxygens (including phenoxy) is 1. The molecule has 120 valence electrons. The number of nitrogens with zero attached hydrogens (tertiary/aromatic N) is 2. The summed E-state index contributed by atoms with van der Waals surface area (Å²) in [7, 11) is 0. The quantitative estimate of drug-likeness (QED) is 0.498. The highest BCUT2D eigenvalue weighted by atomic mass is 35.5.